The highest BCUT2D eigenvalue weighted by molar-refractivity contribution is 9.10. The number of benzene rings is 2. The second-order valence-corrected chi connectivity index (χ2v) is 8.83. The van der Waals surface area contributed by atoms with Crippen LogP contribution in [0.25, 0.3) is 0 Å². The van der Waals surface area contributed by atoms with Crippen LogP contribution in [0.3, 0.4) is 0 Å². The van der Waals surface area contributed by atoms with Crippen molar-refractivity contribution in [3.05, 3.63) is 85.4 Å². The topological polar surface area (TPSA) is 49.4 Å². The summed E-state index contributed by atoms with van der Waals surface area (Å²) in [5, 5.41) is 3.67. The Kier molecular flexibility index (Phi) is 6.72. The number of carbonyl (C=O) groups is 2. The zero-order valence-electron chi connectivity index (χ0n) is 15.6. The van der Waals surface area contributed by atoms with Gasteiger partial charge in [-0.15, -0.1) is 11.3 Å². The second kappa shape index (κ2) is 9.07. The second-order valence-electron chi connectivity index (χ2n) is 6.45. The number of thiophene rings is 1. The molecule has 0 fully saturated rings. The summed E-state index contributed by atoms with van der Waals surface area (Å²) in [7, 11) is 1.61. The SMILES string of the molecule is Cc1cc(NC(=O)c2ccccc2Cl)sc1C(=O)N(C)Cc1cc(Br)ccc1F. The van der Waals surface area contributed by atoms with Crippen LogP contribution in [0, 0.1) is 12.7 Å². The lowest BCUT2D eigenvalue weighted by Gasteiger charge is -2.17. The van der Waals surface area contributed by atoms with Gasteiger partial charge in [-0.3, -0.25) is 9.59 Å². The number of aryl methyl sites for hydroxylation is 1. The van der Waals surface area contributed by atoms with Crippen molar-refractivity contribution in [1.29, 1.82) is 0 Å². The summed E-state index contributed by atoms with van der Waals surface area (Å²) in [6, 6.07) is 13.1. The van der Waals surface area contributed by atoms with E-state index in [1.165, 1.54) is 22.3 Å². The van der Waals surface area contributed by atoms with Crippen LogP contribution in [-0.2, 0) is 6.54 Å². The lowest BCUT2D eigenvalue weighted by atomic mass is 10.2. The number of halogens is 3. The molecule has 0 saturated heterocycles. The van der Waals surface area contributed by atoms with Gasteiger partial charge in [-0.2, -0.15) is 0 Å². The minimum atomic E-state index is -0.372. The van der Waals surface area contributed by atoms with Crippen molar-refractivity contribution in [2.24, 2.45) is 0 Å². The molecule has 150 valence electrons. The fourth-order valence-electron chi connectivity index (χ4n) is 2.75. The zero-order valence-corrected chi connectivity index (χ0v) is 18.8. The molecular weight excluding hydrogens is 479 g/mol. The maximum atomic E-state index is 14.0. The van der Waals surface area contributed by atoms with Gasteiger partial charge >= 0.3 is 0 Å². The van der Waals surface area contributed by atoms with E-state index in [9.17, 15) is 14.0 Å². The molecule has 0 atom stereocenters. The Labute approximate surface area is 185 Å². The fourth-order valence-corrected chi connectivity index (χ4v) is 4.44. The number of carbonyl (C=O) groups excluding carboxylic acids is 2. The molecule has 2 aromatic carbocycles. The Morgan fingerprint density at radius 3 is 2.66 bits per heavy atom. The average molecular weight is 496 g/mol. The zero-order chi connectivity index (χ0) is 21.1. The first-order valence-corrected chi connectivity index (χ1v) is 10.6. The molecule has 0 radical (unpaired) electrons. The third-order valence-corrected chi connectivity index (χ3v) is 6.19. The van der Waals surface area contributed by atoms with E-state index >= 15 is 0 Å². The Hall–Kier alpha value is -2.22. The quantitative estimate of drug-likeness (QED) is 0.462. The van der Waals surface area contributed by atoms with E-state index in [2.05, 4.69) is 21.2 Å². The van der Waals surface area contributed by atoms with Crippen LogP contribution >= 0.6 is 38.9 Å². The normalized spacial score (nSPS) is 10.7. The summed E-state index contributed by atoms with van der Waals surface area (Å²) in [6.45, 7) is 1.92. The Morgan fingerprint density at radius 2 is 1.93 bits per heavy atom. The summed E-state index contributed by atoms with van der Waals surface area (Å²) in [4.78, 5) is 27.2. The Morgan fingerprint density at radius 1 is 1.21 bits per heavy atom. The first-order valence-electron chi connectivity index (χ1n) is 8.62. The highest BCUT2D eigenvalue weighted by Crippen LogP contribution is 2.29. The van der Waals surface area contributed by atoms with Gasteiger partial charge in [0.05, 0.1) is 20.5 Å². The molecule has 0 aliphatic carbocycles. The van der Waals surface area contributed by atoms with Crippen LogP contribution in [0.4, 0.5) is 9.39 Å². The van der Waals surface area contributed by atoms with Crippen molar-refractivity contribution in [1.82, 2.24) is 4.90 Å². The summed E-state index contributed by atoms with van der Waals surface area (Å²) in [6.07, 6.45) is 0. The number of amides is 2. The van der Waals surface area contributed by atoms with Crippen LogP contribution in [0.15, 0.2) is 53.0 Å². The van der Waals surface area contributed by atoms with E-state index < -0.39 is 0 Å². The van der Waals surface area contributed by atoms with E-state index in [1.807, 2.05) is 0 Å². The third-order valence-electron chi connectivity index (χ3n) is 4.23. The first-order chi connectivity index (χ1) is 13.8. The average Bonchev–Trinajstić information content (AvgIpc) is 3.04. The first kappa shape index (κ1) is 21.5. The molecule has 29 heavy (non-hydrogen) atoms. The summed E-state index contributed by atoms with van der Waals surface area (Å²) < 4.78 is 14.7. The molecule has 1 aromatic heterocycles. The van der Waals surface area contributed by atoms with Crippen LogP contribution in [0.2, 0.25) is 5.02 Å². The van der Waals surface area contributed by atoms with Gasteiger partial charge in [-0.05, 0) is 48.9 Å². The van der Waals surface area contributed by atoms with Crippen molar-refractivity contribution in [3.63, 3.8) is 0 Å². The number of hydrogen-bond donors (Lipinski definition) is 1. The van der Waals surface area contributed by atoms with Crippen molar-refractivity contribution in [2.45, 2.75) is 13.5 Å². The molecule has 0 bridgehead atoms. The van der Waals surface area contributed by atoms with E-state index in [1.54, 1.807) is 56.4 Å². The molecule has 0 spiro atoms. The molecule has 3 rings (SSSR count). The van der Waals surface area contributed by atoms with Crippen molar-refractivity contribution in [3.8, 4) is 0 Å². The lowest BCUT2D eigenvalue weighted by Crippen LogP contribution is -2.26. The van der Waals surface area contributed by atoms with Gasteiger partial charge in [0, 0.05) is 23.6 Å². The molecule has 0 unspecified atom stereocenters. The van der Waals surface area contributed by atoms with Crippen LogP contribution in [0.1, 0.15) is 31.2 Å². The standard InChI is InChI=1S/C21H17BrClFN2O2S/c1-12-9-18(25-20(27)15-5-3-4-6-16(15)23)29-19(12)21(28)26(2)11-13-10-14(22)7-8-17(13)24/h3-10H,11H2,1-2H3,(H,25,27). The highest BCUT2D eigenvalue weighted by Gasteiger charge is 2.20. The number of nitrogens with zero attached hydrogens (tertiary/aromatic N) is 1. The maximum absolute atomic E-state index is 14.0. The monoisotopic (exact) mass is 494 g/mol. The van der Waals surface area contributed by atoms with Crippen molar-refractivity contribution in [2.75, 3.05) is 12.4 Å². The fraction of sp³-hybridized carbons (Fsp3) is 0.143. The molecule has 1 heterocycles. The molecule has 1 N–H and O–H groups in total. The number of rotatable bonds is 5. The molecule has 3 aromatic rings. The van der Waals surface area contributed by atoms with Crippen LogP contribution in [-0.4, -0.2) is 23.8 Å². The van der Waals surface area contributed by atoms with E-state index in [0.717, 1.165) is 10.0 Å². The molecule has 8 heteroatoms. The smallest absolute Gasteiger partial charge is 0.264 e. The molecule has 0 aliphatic rings. The number of anilines is 1. The Balaban J connectivity index is 1.75. The van der Waals surface area contributed by atoms with Gasteiger partial charge in [-0.25, -0.2) is 4.39 Å². The molecule has 4 nitrogen and oxygen atoms in total. The number of hydrogen-bond acceptors (Lipinski definition) is 3. The van der Waals surface area contributed by atoms with Gasteiger partial charge < -0.3 is 10.2 Å². The summed E-state index contributed by atoms with van der Waals surface area (Å²) >= 11 is 10.5. The minimum Gasteiger partial charge on any atom is -0.337 e. The van der Waals surface area contributed by atoms with Gasteiger partial charge in [0.1, 0.15) is 5.82 Å². The maximum Gasteiger partial charge on any atom is 0.264 e. The Bertz CT molecular complexity index is 1090. The van der Waals surface area contributed by atoms with E-state index in [-0.39, 0.29) is 24.2 Å². The van der Waals surface area contributed by atoms with Crippen molar-refractivity contribution < 1.29 is 14.0 Å². The third kappa shape index (κ3) is 5.04. The number of nitrogens with one attached hydrogen (secondary N) is 1. The van der Waals surface area contributed by atoms with Gasteiger partial charge in [-0.1, -0.05) is 39.7 Å². The van der Waals surface area contributed by atoms with Crippen LogP contribution < -0.4 is 5.32 Å². The summed E-state index contributed by atoms with van der Waals surface area (Å²) in [5.41, 5.74) is 1.50. The van der Waals surface area contributed by atoms with Gasteiger partial charge in [0.25, 0.3) is 11.8 Å². The van der Waals surface area contributed by atoms with Gasteiger partial charge in [0.2, 0.25) is 0 Å². The molecule has 2 amide bonds. The molecule has 0 aliphatic heterocycles. The lowest BCUT2D eigenvalue weighted by molar-refractivity contribution is 0.0787. The largest absolute Gasteiger partial charge is 0.337 e. The summed E-state index contributed by atoms with van der Waals surface area (Å²) in [5.74, 6) is -0.964. The van der Waals surface area contributed by atoms with E-state index in [0.29, 0.717) is 26.0 Å². The highest BCUT2D eigenvalue weighted by atomic mass is 79.9. The van der Waals surface area contributed by atoms with Gasteiger partial charge in [0.15, 0.2) is 0 Å². The van der Waals surface area contributed by atoms with E-state index in [4.69, 9.17) is 11.6 Å². The molecule has 0 saturated carbocycles. The predicted molar refractivity (Wildman–Crippen MR) is 118 cm³/mol. The van der Waals surface area contributed by atoms with Crippen molar-refractivity contribution >= 4 is 55.7 Å². The van der Waals surface area contributed by atoms with Crippen LogP contribution in [0.5, 0.6) is 0 Å². The predicted octanol–water partition coefficient (Wildman–Crippen LogP) is 6.14. The molecular formula is C21H17BrClFN2O2S. The minimum absolute atomic E-state index is 0.128.